The third kappa shape index (κ3) is 5.13. The molecule has 1 heterocycles. The lowest BCUT2D eigenvalue weighted by Crippen LogP contribution is -2.13. The Bertz CT molecular complexity index is 1070. The van der Waals surface area contributed by atoms with Gasteiger partial charge in [-0.25, -0.2) is 8.42 Å². The number of aromatic nitrogens is 2. The van der Waals surface area contributed by atoms with E-state index in [0.29, 0.717) is 10.7 Å². The van der Waals surface area contributed by atoms with E-state index >= 15 is 0 Å². The summed E-state index contributed by atoms with van der Waals surface area (Å²) in [5, 5.41) is 10.6. The summed E-state index contributed by atoms with van der Waals surface area (Å²) >= 11 is 7.10. The second-order valence-corrected chi connectivity index (χ2v) is 8.14. The van der Waals surface area contributed by atoms with Crippen molar-refractivity contribution in [3.05, 3.63) is 70.7 Å². The van der Waals surface area contributed by atoms with Gasteiger partial charge in [0.1, 0.15) is 5.51 Å². The van der Waals surface area contributed by atoms with Crippen LogP contribution in [-0.2, 0) is 14.8 Å². The van der Waals surface area contributed by atoms with Crippen molar-refractivity contribution in [1.29, 1.82) is 0 Å². The molecule has 0 fully saturated rings. The van der Waals surface area contributed by atoms with Crippen LogP contribution in [0.5, 0.6) is 0 Å². The molecule has 0 aliphatic rings. The fraction of sp³-hybridized carbons (Fsp3) is 0. The minimum absolute atomic E-state index is 0.0438. The minimum atomic E-state index is -3.76. The van der Waals surface area contributed by atoms with Crippen LogP contribution in [0.25, 0.3) is 6.08 Å². The van der Waals surface area contributed by atoms with Crippen LogP contribution in [0, 0.1) is 0 Å². The van der Waals surface area contributed by atoms with Gasteiger partial charge in [0.2, 0.25) is 11.0 Å². The van der Waals surface area contributed by atoms with E-state index in [4.69, 9.17) is 11.6 Å². The Labute approximate surface area is 164 Å². The number of hydrogen-bond acceptors (Lipinski definition) is 6. The standard InChI is InChI=1S/C17H13ClN4O3S2/c18-15-4-2-1-3-12(15)5-10-16(23)20-13-6-8-14(9-7-13)27(24,25)22-17-21-19-11-26-17/h1-11H,(H,20,23)(H,21,22). The van der Waals surface area contributed by atoms with Crippen LogP contribution >= 0.6 is 22.9 Å². The van der Waals surface area contributed by atoms with Gasteiger partial charge in [-0.1, -0.05) is 41.1 Å². The molecule has 0 saturated carbocycles. The van der Waals surface area contributed by atoms with Crippen LogP contribution in [0.1, 0.15) is 5.56 Å². The molecule has 2 N–H and O–H groups in total. The second-order valence-electron chi connectivity index (χ2n) is 5.22. The van der Waals surface area contributed by atoms with Gasteiger partial charge < -0.3 is 5.32 Å². The molecule has 0 aliphatic heterocycles. The van der Waals surface area contributed by atoms with Crippen LogP contribution in [0.2, 0.25) is 5.02 Å². The first-order valence-corrected chi connectivity index (χ1v) is 10.3. The molecule has 0 saturated heterocycles. The second kappa shape index (κ2) is 8.30. The van der Waals surface area contributed by atoms with Crippen LogP contribution < -0.4 is 10.0 Å². The predicted octanol–water partition coefficient (Wildman–Crippen LogP) is 3.64. The van der Waals surface area contributed by atoms with E-state index in [1.807, 2.05) is 6.07 Å². The molecule has 0 spiro atoms. The zero-order chi connectivity index (χ0) is 19.3. The summed E-state index contributed by atoms with van der Waals surface area (Å²) in [4.78, 5) is 12.0. The molecule has 0 unspecified atom stereocenters. The Hall–Kier alpha value is -2.75. The lowest BCUT2D eigenvalue weighted by atomic mass is 10.2. The number of rotatable bonds is 6. The molecule has 3 rings (SSSR count). The highest BCUT2D eigenvalue weighted by molar-refractivity contribution is 7.93. The van der Waals surface area contributed by atoms with Crippen molar-refractivity contribution in [3.63, 3.8) is 0 Å². The smallest absolute Gasteiger partial charge is 0.263 e. The van der Waals surface area contributed by atoms with Gasteiger partial charge in [-0.15, -0.1) is 10.2 Å². The van der Waals surface area contributed by atoms with Crippen molar-refractivity contribution in [3.8, 4) is 0 Å². The summed E-state index contributed by atoms with van der Waals surface area (Å²) in [6.07, 6.45) is 2.95. The van der Waals surface area contributed by atoms with Gasteiger partial charge >= 0.3 is 0 Å². The molecule has 2 aromatic carbocycles. The monoisotopic (exact) mass is 420 g/mol. The Morgan fingerprint density at radius 3 is 2.52 bits per heavy atom. The number of anilines is 2. The third-order valence-corrected chi connectivity index (χ3v) is 5.77. The number of nitrogens with zero attached hydrogens (tertiary/aromatic N) is 2. The van der Waals surface area contributed by atoms with Gasteiger partial charge in [0, 0.05) is 16.8 Å². The van der Waals surface area contributed by atoms with Crippen LogP contribution in [0.3, 0.4) is 0 Å². The van der Waals surface area contributed by atoms with Gasteiger partial charge in [-0.05, 0) is 42.0 Å². The summed E-state index contributed by atoms with van der Waals surface area (Å²) in [6, 6.07) is 12.9. The summed E-state index contributed by atoms with van der Waals surface area (Å²) in [6.45, 7) is 0. The van der Waals surface area contributed by atoms with Gasteiger partial charge in [0.15, 0.2) is 0 Å². The van der Waals surface area contributed by atoms with Gasteiger partial charge in [0.05, 0.1) is 4.90 Å². The molecule has 0 radical (unpaired) electrons. The SMILES string of the molecule is O=C(C=Cc1ccccc1Cl)Nc1ccc(S(=O)(=O)Nc2nncs2)cc1. The average Bonchev–Trinajstić information content (AvgIpc) is 3.14. The topological polar surface area (TPSA) is 101 Å². The first-order chi connectivity index (χ1) is 12.9. The Morgan fingerprint density at radius 1 is 1.11 bits per heavy atom. The average molecular weight is 421 g/mol. The molecule has 138 valence electrons. The maximum absolute atomic E-state index is 12.2. The number of hydrogen-bond donors (Lipinski definition) is 2. The molecule has 10 heteroatoms. The normalized spacial score (nSPS) is 11.4. The zero-order valence-electron chi connectivity index (χ0n) is 13.7. The summed E-state index contributed by atoms with van der Waals surface area (Å²) in [5.74, 6) is -0.363. The number of halogens is 1. The predicted molar refractivity (Wildman–Crippen MR) is 106 cm³/mol. The lowest BCUT2D eigenvalue weighted by Gasteiger charge is -2.06. The highest BCUT2D eigenvalue weighted by Crippen LogP contribution is 2.19. The number of carbonyl (C=O) groups excluding carboxylic acids is 1. The fourth-order valence-corrected chi connectivity index (χ4v) is 3.96. The first-order valence-electron chi connectivity index (χ1n) is 7.57. The molecule has 7 nitrogen and oxygen atoms in total. The number of carbonyl (C=O) groups is 1. The largest absolute Gasteiger partial charge is 0.323 e. The van der Waals surface area contributed by atoms with E-state index in [2.05, 4.69) is 20.2 Å². The van der Waals surface area contributed by atoms with E-state index < -0.39 is 10.0 Å². The van der Waals surface area contributed by atoms with Crippen molar-refractivity contribution in [2.24, 2.45) is 0 Å². The van der Waals surface area contributed by atoms with Crippen LogP contribution in [-0.4, -0.2) is 24.5 Å². The van der Waals surface area contributed by atoms with Crippen molar-refractivity contribution in [2.75, 3.05) is 10.0 Å². The molecule has 1 aromatic heterocycles. The molecule has 1 amide bonds. The quantitative estimate of drug-likeness (QED) is 0.593. The number of nitrogens with one attached hydrogen (secondary N) is 2. The molecule has 0 bridgehead atoms. The van der Waals surface area contributed by atoms with Gasteiger partial charge in [-0.3, -0.25) is 9.52 Å². The minimum Gasteiger partial charge on any atom is -0.323 e. The summed E-state index contributed by atoms with van der Waals surface area (Å²) < 4.78 is 26.8. The fourth-order valence-electron chi connectivity index (χ4n) is 2.07. The summed E-state index contributed by atoms with van der Waals surface area (Å²) in [5.41, 5.74) is 2.60. The van der Waals surface area contributed by atoms with E-state index in [1.165, 1.54) is 35.9 Å². The summed E-state index contributed by atoms with van der Waals surface area (Å²) in [7, 11) is -3.76. The van der Waals surface area contributed by atoms with E-state index in [1.54, 1.807) is 24.3 Å². The van der Waals surface area contributed by atoms with Gasteiger partial charge in [0.25, 0.3) is 10.0 Å². The molecule has 27 heavy (non-hydrogen) atoms. The van der Waals surface area contributed by atoms with E-state index in [0.717, 1.165) is 16.9 Å². The number of amides is 1. The maximum Gasteiger partial charge on any atom is 0.263 e. The molecule has 0 atom stereocenters. The van der Waals surface area contributed by atoms with Crippen molar-refractivity contribution >= 4 is 55.8 Å². The maximum atomic E-state index is 12.2. The van der Waals surface area contributed by atoms with Crippen molar-refractivity contribution in [1.82, 2.24) is 10.2 Å². The first kappa shape index (κ1) is 19.0. The Balaban J connectivity index is 1.65. The third-order valence-electron chi connectivity index (χ3n) is 3.33. The van der Waals surface area contributed by atoms with Crippen molar-refractivity contribution < 1.29 is 13.2 Å². The molecular weight excluding hydrogens is 408 g/mol. The molecule has 3 aromatic rings. The zero-order valence-corrected chi connectivity index (χ0v) is 16.1. The highest BCUT2D eigenvalue weighted by atomic mass is 35.5. The molecule has 0 aliphatic carbocycles. The Morgan fingerprint density at radius 2 is 1.85 bits per heavy atom. The van der Waals surface area contributed by atoms with E-state index in [9.17, 15) is 13.2 Å². The number of benzene rings is 2. The lowest BCUT2D eigenvalue weighted by molar-refractivity contribution is -0.111. The highest BCUT2D eigenvalue weighted by Gasteiger charge is 2.15. The Kier molecular flexibility index (Phi) is 5.84. The van der Waals surface area contributed by atoms with Crippen molar-refractivity contribution in [2.45, 2.75) is 4.90 Å². The van der Waals surface area contributed by atoms with Gasteiger partial charge in [-0.2, -0.15) is 0 Å². The number of sulfonamides is 1. The van der Waals surface area contributed by atoms with Crippen LogP contribution in [0.15, 0.2) is 65.0 Å². The van der Waals surface area contributed by atoms with E-state index in [-0.39, 0.29) is 15.9 Å². The van der Waals surface area contributed by atoms with Crippen LogP contribution in [0.4, 0.5) is 10.8 Å². The molecular formula is C17H13ClN4O3S2.